The third-order valence-electron chi connectivity index (χ3n) is 3.40. The predicted octanol–water partition coefficient (Wildman–Crippen LogP) is 3.21. The molecule has 0 atom stereocenters. The average Bonchev–Trinajstić information content (AvgIpc) is 3.04. The molecule has 23 heavy (non-hydrogen) atoms. The van der Waals surface area contributed by atoms with Gasteiger partial charge in [0.15, 0.2) is 0 Å². The van der Waals surface area contributed by atoms with E-state index >= 15 is 0 Å². The summed E-state index contributed by atoms with van der Waals surface area (Å²) < 4.78 is 1.48. The Hall–Kier alpha value is -2.12. The minimum atomic E-state index is -0.126. The summed E-state index contributed by atoms with van der Waals surface area (Å²) in [5, 5.41) is 5.28. The van der Waals surface area contributed by atoms with Crippen molar-refractivity contribution in [2.75, 3.05) is 11.6 Å². The van der Waals surface area contributed by atoms with Crippen molar-refractivity contribution in [3.63, 3.8) is 0 Å². The molecule has 3 rings (SSSR count). The first-order chi connectivity index (χ1) is 11.2. The fourth-order valence-corrected chi connectivity index (χ4v) is 3.30. The number of thioether (sulfide) groups is 1. The lowest BCUT2D eigenvalue weighted by Gasteiger charge is -2.07. The van der Waals surface area contributed by atoms with Crippen molar-refractivity contribution in [2.45, 2.75) is 17.9 Å². The molecule has 2 heterocycles. The maximum atomic E-state index is 12.2. The van der Waals surface area contributed by atoms with Crippen molar-refractivity contribution in [1.82, 2.24) is 9.55 Å². The Bertz CT molecular complexity index is 884. The largest absolute Gasteiger partial charge is 0.326 e. The molecule has 1 aromatic carbocycles. The third-order valence-corrected chi connectivity index (χ3v) is 4.97. The number of carbonyl (C=O) groups is 1. The Morgan fingerprint density at radius 2 is 2.09 bits per heavy atom. The molecule has 0 spiro atoms. The van der Waals surface area contributed by atoms with E-state index in [0.29, 0.717) is 11.9 Å². The molecule has 3 aromatic rings. The van der Waals surface area contributed by atoms with Crippen molar-refractivity contribution < 1.29 is 4.79 Å². The summed E-state index contributed by atoms with van der Waals surface area (Å²) in [6, 6.07) is 9.42. The molecule has 0 saturated carbocycles. The maximum absolute atomic E-state index is 12.2. The number of nitrogens with zero attached hydrogens (tertiary/aromatic N) is 2. The highest BCUT2D eigenvalue weighted by Gasteiger charge is 2.07. The van der Waals surface area contributed by atoms with Crippen molar-refractivity contribution in [3.05, 3.63) is 52.4 Å². The fraction of sp³-hybridized carbons (Fsp3) is 0.188. The molecule has 0 aliphatic rings. The molecular weight excluding hydrogens is 330 g/mol. The first kappa shape index (κ1) is 15.8. The number of benzene rings is 1. The first-order valence-corrected chi connectivity index (χ1v) is 9.14. The second-order valence-corrected chi connectivity index (χ2v) is 6.68. The van der Waals surface area contributed by atoms with E-state index in [1.165, 1.54) is 22.2 Å². The van der Waals surface area contributed by atoms with Gasteiger partial charge in [-0.15, -0.1) is 23.1 Å². The number of aromatic nitrogens is 2. The fourth-order valence-electron chi connectivity index (χ4n) is 2.17. The van der Waals surface area contributed by atoms with Crippen molar-refractivity contribution >= 4 is 44.9 Å². The Labute approximate surface area is 141 Å². The number of fused-ring (bicyclic) bond motifs is 1. The van der Waals surface area contributed by atoms with E-state index in [4.69, 9.17) is 0 Å². The zero-order valence-corrected chi connectivity index (χ0v) is 14.1. The summed E-state index contributed by atoms with van der Waals surface area (Å²) in [5.74, 6) is -0.126. The van der Waals surface area contributed by atoms with E-state index in [2.05, 4.69) is 10.3 Å². The van der Waals surface area contributed by atoms with Crippen LogP contribution >= 0.6 is 23.1 Å². The van der Waals surface area contributed by atoms with Gasteiger partial charge in [0.05, 0.1) is 11.7 Å². The third kappa shape index (κ3) is 3.62. The van der Waals surface area contributed by atoms with Crippen LogP contribution < -0.4 is 10.9 Å². The quantitative estimate of drug-likeness (QED) is 0.721. The number of rotatable bonds is 5. The Morgan fingerprint density at radius 3 is 2.83 bits per heavy atom. The van der Waals surface area contributed by atoms with Crippen LogP contribution in [0.4, 0.5) is 5.69 Å². The van der Waals surface area contributed by atoms with Gasteiger partial charge in [-0.2, -0.15) is 0 Å². The lowest BCUT2D eigenvalue weighted by molar-refractivity contribution is -0.116. The average molecular weight is 345 g/mol. The number of carbonyl (C=O) groups excluding carboxylic acids is 1. The van der Waals surface area contributed by atoms with Crippen LogP contribution in [0.2, 0.25) is 0 Å². The Balaban J connectivity index is 1.63. The molecule has 1 N–H and O–H groups in total. The molecule has 118 valence electrons. The number of nitrogens with one attached hydrogen (secondary N) is 1. The number of hydrogen-bond acceptors (Lipinski definition) is 5. The molecule has 0 aliphatic heterocycles. The normalized spacial score (nSPS) is 10.8. The molecule has 1 amide bonds. The van der Waals surface area contributed by atoms with Crippen LogP contribution in [0.25, 0.3) is 10.2 Å². The molecule has 2 aromatic heterocycles. The standard InChI is InChI=1S/C16H15N3O2S2/c1-22-12-4-2-11(3-5-12)18-14(20)6-8-19-10-17-15-13(16(19)21)7-9-23-15/h2-5,7,9-10H,6,8H2,1H3,(H,18,20). The van der Waals surface area contributed by atoms with Gasteiger partial charge in [-0.3, -0.25) is 14.2 Å². The highest BCUT2D eigenvalue weighted by atomic mass is 32.2. The highest BCUT2D eigenvalue weighted by molar-refractivity contribution is 7.98. The number of hydrogen-bond donors (Lipinski definition) is 1. The van der Waals surface area contributed by atoms with Crippen LogP contribution in [-0.4, -0.2) is 21.7 Å². The van der Waals surface area contributed by atoms with Gasteiger partial charge in [0, 0.05) is 23.5 Å². The minimum absolute atomic E-state index is 0.103. The van der Waals surface area contributed by atoms with E-state index in [-0.39, 0.29) is 17.9 Å². The van der Waals surface area contributed by atoms with Crippen LogP contribution in [0.5, 0.6) is 0 Å². The van der Waals surface area contributed by atoms with Gasteiger partial charge in [-0.1, -0.05) is 0 Å². The van der Waals surface area contributed by atoms with Gasteiger partial charge in [0.25, 0.3) is 5.56 Å². The van der Waals surface area contributed by atoms with Gasteiger partial charge < -0.3 is 5.32 Å². The Kier molecular flexibility index (Phi) is 4.78. The van der Waals surface area contributed by atoms with Crippen LogP contribution in [0.15, 0.2) is 51.7 Å². The molecule has 0 saturated heterocycles. The van der Waals surface area contributed by atoms with Crippen molar-refractivity contribution in [2.24, 2.45) is 0 Å². The second kappa shape index (κ2) is 6.97. The number of amides is 1. The highest BCUT2D eigenvalue weighted by Crippen LogP contribution is 2.17. The Morgan fingerprint density at radius 1 is 1.30 bits per heavy atom. The molecule has 0 aliphatic carbocycles. The number of thiophene rings is 1. The van der Waals surface area contributed by atoms with E-state index in [1.807, 2.05) is 35.9 Å². The minimum Gasteiger partial charge on any atom is -0.326 e. The van der Waals surface area contributed by atoms with Crippen LogP contribution in [0.1, 0.15) is 6.42 Å². The van der Waals surface area contributed by atoms with Gasteiger partial charge in [0.2, 0.25) is 5.91 Å². The van der Waals surface area contributed by atoms with E-state index in [9.17, 15) is 9.59 Å². The topological polar surface area (TPSA) is 64.0 Å². The summed E-state index contributed by atoms with van der Waals surface area (Å²) >= 11 is 3.08. The van der Waals surface area contributed by atoms with Gasteiger partial charge >= 0.3 is 0 Å². The molecule has 0 fully saturated rings. The zero-order valence-electron chi connectivity index (χ0n) is 12.5. The van der Waals surface area contributed by atoms with Crippen LogP contribution in [0.3, 0.4) is 0 Å². The molecule has 0 unspecified atom stereocenters. The summed E-state index contributed by atoms with van der Waals surface area (Å²) in [4.78, 5) is 30.3. The lowest BCUT2D eigenvalue weighted by Crippen LogP contribution is -2.23. The van der Waals surface area contributed by atoms with E-state index in [0.717, 1.165) is 15.4 Å². The zero-order chi connectivity index (χ0) is 16.2. The van der Waals surface area contributed by atoms with Crippen LogP contribution in [-0.2, 0) is 11.3 Å². The molecule has 5 nitrogen and oxygen atoms in total. The summed E-state index contributed by atoms with van der Waals surface area (Å²) in [6.45, 7) is 0.312. The molecular formula is C16H15N3O2S2. The van der Waals surface area contributed by atoms with E-state index in [1.54, 1.807) is 17.8 Å². The monoisotopic (exact) mass is 345 g/mol. The summed E-state index contributed by atoms with van der Waals surface area (Å²) in [5.41, 5.74) is 0.653. The molecule has 7 heteroatoms. The lowest BCUT2D eigenvalue weighted by atomic mass is 10.3. The summed E-state index contributed by atoms with van der Waals surface area (Å²) in [6.07, 6.45) is 3.73. The maximum Gasteiger partial charge on any atom is 0.262 e. The van der Waals surface area contributed by atoms with Gasteiger partial charge in [-0.25, -0.2) is 4.98 Å². The van der Waals surface area contributed by atoms with Gasteiger partial charge in [-0.05, 0) is 42.0 Å². The second-order valence-electron chi connectivity index (χ2n) is 4.91. The van der Waals surface area contributed by atoms with Crippen molar-refractivity contribution in [3.8, 4) is 0 Å². The smallest absolute Gasteiger partial charge is 0.262 e. The van der Waals surface area contributed by atoms with Crippen molar-refractivity contribution in [1.29, 1.82) is 0 Å². The van der Waals surface area contributed by atoms with E-state index < -0.39 is 0 Å². The van der Waals surface area contributed by atoms with Gasteiger partial charge in [0.1, 0.15) is 4.83 Å². The summed E-state index contributed by atoms with van der Waals surface area (Å²) in [7, 11) is 0. The number of aryl methyl sites for hydroxylation is 1. The molecule has 0 radical (unpaired) electrons. The SMILES string of the molecule is CSc1ccc(NC(=O)CCn2cnc3sccc3c2=O)cc1. The number of anilines is 1. The predicted molar refractivity (Wildman–Crippen MR) is 95.3 cm³/mol. The first-order valence-electron chi connectivity index (χ1n) is 7.04. The van der Waals surface area contributed by atoms with Crippen LogP contribution in [0, 0.1) is 0 Å². The molecule has 0 bridgehead atoms.